The van der Waals surface area contributed by atoms with Gasteiger partial charge >= 0.3 is 0 Å². The van der Waals surface area contributed by atoms with Gasteiger partial charge in [-0.1, -0.05) is 32.0 Å². The number of carbonyl (C=O) groups is 2. The average Bonchev–Trinajstić information content (AvgIpc) is 3.15. The van der Waals surface area contributed by atoms with E-state index in [9.17, 15) is 9.59 Å². The highest BCUT2D eigenvalue weighted by Crippen LogP contribution is 2.36. The summed E-state index contributed by atoms with van der Waals surface area (Å²) in [6.45, 7) is 7.88. The van der Waals surface area contributed by atoms with Crippen LogP contribution in [0.25, 0.3) is 11.0 Å². The molecular formula is C22H24N2O3. The van der Waals surface area contributed by atoms with Crippen LogP contribution >= 0.6 is 0 Å². The number of hydrogen-bond donors (Lipinski definition) is 2. The maximum Gasteiger partial charge on any atom is 0.268 e. The molecule has 0 radical (unpaired) electrons. The Hall–Kier alpha value is -2.82. The molecule has 5 nitrogen and oxygen atoms in total. The highest BCUT2D eigenvalue weighted by molar-refractivity contribution is 6.04. The van der Waals surface area contributed by atoms with Crippen LogP contribution in [0.2, 0.25) is 0 Å². The lowest BCUT2D eigenvalue weighted by Gasteiger charge is -2.28. The first kappa shape index (κ1) is 17.6. The fourth-order valence-electron chi connectivity index (χ4n) is 4.02. The molecule has 3 aromatic rings. The topological polar surface area (TPSA) is 75.1 Å². The third-order valence-corrected chi connectivity index (χ3v) is 5.35. The van der Waals surface area contributed by atoms with Crippen molar-refractivity contribution in [2.24, 2.45) is 5.41 Å². The first-order valence-corrected chi connectivity index (χ1v) is 9.29. The lowest BCUT2D eigenvalue weighted by Crippen LogP contribution is -2.27. The maximum absolute atomic E-state index is 12.9. The molecule has 2 aromatic heterocycles. The number of hydrogen-bond acceptors (Lipinski definition) is 3. The molecule has 0 saturated heterocycles. The summed E-state index contributed by atoms with van der Waals surface area (Å²) in [7, 11) is 0. The van der Waals surface area contributed by atoms with E-state index in [2.05, 4.69) is 24.1 Å². The van der Waals surface area contributed by atoms with E-state index in [1.807, 2.05) is 44.2 Å². The van der Waals surface area contributed by atoms with Crippen LogP contribution in [-0.4, -0.2) is 16.7 Å². The van der Waals surface area contributed by atoms with Crippen molar-refractivity contribution in [3.05, 3.63) is 58.6 Å². The second-order valence-electron chi connectivity index (χ2n) is 8.30. The molecule has 140 valence electrons. The summed E-state index contributed by atoms with van der Waals surface area (Å²) in [5.74, 6) is 0.593. The second kappa shape index (κ2) is 6.12. The highest BCUT2D eigenvalue weighted by Gasteiger charge is 2.35. The minimum Gasteiger partial charge on any atom is -0.459 e. The van der Waals surface area contributed by atoms with E-state index >= 15 is 0 Å². The first-order valence-electron chi connectivity index (χ1n) is 9.29. The minimum absolute atomic E-state index is 0.0866. The number of rotatable bonds is 3. The molecule has 2 heterocycles. The van der Waals surface area contributed by atoms with Gasteiger partial charge in [0.2, 0.25) is 0 Å². The van der Waals surface area contributed by atoms with Gasteiger partial charge in [0.1, 0.15) is 17.0 Å². The zero-order valence-corrected chi connectivity index (χ0v) is 16.1. The van der Waals surface area contributed by atoms with Crippen molar-refractivity contribution < 1.29 is 14.0 Å². The van der Waals surface area contributed by atoms with Crippen molar-refractivity contribution in [2.75, 3.05) is 0 Å². The number of aromatic amines is 1. The Kier molecular flexibility index (Phi) is 3.98. The molecule has 0 spiro atoms. The van der Waals surface area contributed by atoms with Gasteiger partial charge in [-0.15, -0.1) is 0 Å². The maximum atomic E-state index is 12.9. The summed E-state index contributed by atoms with van der Waals surface area (Å²) in [4.78, 5) is 28.6. The lowest BCUT2D eigenvalue weighted by atomic mass is 9.75. The molecule has 0 bridgehead atoms. The number of Topliss-reactive ketones (excluding diaryl/α,β-unsaturated/α-hetero) is 1. The summed E-state index contributed by atoms with van der Waals surface area (Å²) in [6.07, 6.45) is 1.27. The summed E-state index contributed by atoms with van der Waals surface area (Å²) in [5.41, 5.74) is 3.48. The van der Waals surface area contributed by atoms with Gasteiger partial charge in [-0.05, 0) is 43.4 Å². The van der Waals surface area contributed by atoms with Gasteiger partial charge in [-0.25, -0.2) is 0 Å². The normalized spacial score (nSPS) is 17.0. The number of carbonyl (C=O) groups excluding carboxylic acids is 2. The van der Waals surface area contributed by atoms with E-state index in [1.165, 1.54) is 0 Å². The molecule has 1 aliphatic carbocycles. The van der Waals surface area contributed by atoms with Crippen molar-refractivity contribution in [1.29, 1.82) is 0 Å². The molecule has 0 fully saturated rings. The van der Waals surface area contributed by atoms with Crippen LogP contribution in [0.3, 0.4) is 0 Å². The standard InChI is InChI=1S/C22H24N2O3/c1-12-19-15(10-22(3,4)11-16(19)25)24-20(12)21(26)23-13(2)18-9-14-7-5-6-8-17(14)27-18/h5-9,13,24H,10-11H2,1-4H3,(H,23,26)/t13-/m0/s1. The Morgan fingerprint density at radius 2 is 2.00 bits per heavy atom. The molecule has 1 atom stereocenters. The van der Waals surface area contributed by atoms with Crippen molar-refractivity contribution in [3.63, 3.8) is 0 Å². The number of nitrogens with one attached hydrogen (secondary N) is 2. The number of amides is 1. The molecule has 0 saturated carbocycles. The van der Waals surface area contributed by atoms with Crippen LogP contribution in [0.4, 0.5) is 0 Å². The van der Waals surface area contributed by atoms with Crippen molar-refractivity contribution in [2.45, 2.75) is 46.6 Å². The Labute approximate surface area is 158 Å². The van der Waals surface area contributed by atoms with Crippen LogP contribution in [0.1, 0.15) is 71.1 Å². The fraction of sp³-hybridized carbons (Fsp3) is 0.364. The number of ketones is 1. The van der Waals surface area contributed by atoms with E-state index in [0.29, 0.717) is 23.4 Å². The van der Waals surface area contributed by atoms with Gasteiger partial charge in [-0.3, -0.25) is 9.59 Å². The molecule has 2 N–H and O–H groups in total. The molecule has 1 aromatic carbocycles. The van der Waals surface area contributed by atoms with Crippen LogP contribution in [0.15, 0.2) is 34.7 Å². The Balaban J connectivity index is 1.59. The predicted molar refractivity (Wildman–Crippen MR) is 104 cm³/mol. The Morgan fingerprint density at radius 3 is 2.74 bits per heavy atom. The zero-order chi connectivity index (χ0) is 19.3. The van der Waals surface area contributed by atoms with Gasteiger partial charge in [0.25, 0.3) is 5.91 Å². The van der Waals surface area contributed by atoms with Gasteiger partial charge in [-0.2, -0.15) is 0 Å². The first-order chi connectivity index (χ1) is 12.7. The van der Waals surface area contributed by atoms with Gasteiger partial charge in [0, 0.05) is 23.1 Å². The fourth-order valence-corrected chi connectivity index (χ4v) is 4.02. The van der Waals surface area contributed by atoms with Crippen LogP contribution in [0.5, 0.6) is 0 Å². The van der Waals surface area contributed by atoms with Crippen molar-refractivity contribution >= 4 is 22.7 Å². The van der Waals surface area contributed by atoms with Crippen LogP contribution < -0.4 is 5.32 Å². The Morgan fingerprint density at radius 1 is 1.26 bits per heavy atom. The summed E-state index contributed by atoms with van der Waals surface area (Å²) in [5, 5.41) is 3.99. The molecule has 0 unspecified atom stereocenters. The molecule has 27 heavy (non-hydrogen) atoms. The van der Waals surface area contributed by atoms with Gasteiger partial charge in [0.15, 0.2) is 5.78 Å². The molecule has 1 aliphatic rings. The third-order valence-electron chi connectivity index (χ3n) is 5.35. The molecule has 0 aliphatic heterocycles. The SMILES string of the molecule is Cc1c(C(=O)N[C@@H](C)c2cc3ccccc3o2)[nH]c2c1C(=O)CC(C)(C)C2. The third kappa shape index (κ3) is 3.07. The number of aromatic nitrogens is 1. The Bertz CT molecular complexity index is 1020. The second-order valence-corrected chi connectivity index (χ2v) is 8.30. The minimum atomic E-state index is -0.281. The van der Waals surface area contributed by atoms with E-state index in [0.717, 1.165) is 28.6 Å². The highest BCUT2D eigenvalue weighted by atomic mass is 16.3. The number of H-pyrrole nitrogens is 1. The number of fused-ring (bicyclic) bond motifs is 2. The quantitative estimate of drug-likeness (QED) is 0.706. The molecule has 5 heteroatoms. The molecular weight excluding hydrogens is 340 g/mol. The van der Waals surface area contributed by atoms with Gasteiger partial charge < -0.3 is 14.7 Å². The van der Waals surface area contributed by atoms with E-state index in [1.54, 1.807) is 0 Å². The number of furan rings is 1. The summed E-state index contributed by atoms with van der Waals surface area (Å²) < 4.78 is 5.84. The largest absolute Gasteiger partial charge is 0.459 e. The monoisotopic (exact) mass is 364 g/mol. The smallest absolute Gasteiger partial charge is 0.268 e. The average molecular weight is 364 g/mol. The predicted octanol–water partition coefficient (Wildman–Crippen LogP) is 4.72. The number of benzene rings is 1. The van der Waals surface area contributed by atoms with E-state index in [-0.39, 0.29) is 23.1 Å². The zero-order valence-electron chi connectivity index (χ0n) is 16.1. The molecule has 4 rings (SSSR count). The van der Waals surface area contributed by atoms with E-state index in [4.69, 9.17) is 4.42 Å². The van der Waals surface area contributed by atoms with Crippen LogP contribution in [-0.2, 0) is 6.42 Å². The number of para-hydroxylation sites is 1. The molecule has 1 amide bonds. The van der Waals surface area contributed by atoms with Gasteiger partial charge in [0.05, 0.1) is 6.04 Å². The summed E-state index contributed by atoms with van der Waals surface area (Å²) in [6, 6.07) is 9.42. The summed E-state index contributed by atoms with van der Waals surface area (Å²) >= 11 is 0. The van der Waals surface area contributed by atoms with Crippen molar-refractivity contribution in [1.82, 2.24) is 10.3 Å². The van der Waals surface area contributed by atoms with E-state index < -0.39 is 0 Å². The van der Waals surface area contributed by atoms with Crippen molar-refractivity contribution in [3.8, 4) is 0 Å². The lowest BCUT2D eigenvalue weighted by molar-refractivity contribution is 0.0908. The van der Waals surface area contributed by atoms with Crippen LogP contribution in [0, 0.1) is 12.3 Å².